The number of anilines is 1. The van der Waals surface area contributed by atoms with Crippen molar-refractivity contribution in [2.45, 2.75) is 43.0 Å². The fourth-order valence-corrected chi connectivity index (χ4v) is 4.46. The molecule has 0 spiro atoms. The number of aromatic amines is 1. The zero-order chi connectivity index (χ0) is 22.5. The summed E-state index contributed by atoms with van der Waals surface area (Å²) in [6.45, 7) is 2.67. The van der Waals surface area contributed by atoms with Gasteiger partial charge in [0, 0.05) is 23.7 Å². The molecule has 0 radical (unpaired) electrons. The van der Waals surface area contributed by atoms with Crippen LogP contribution in [0, 0.1) is 5.82 Å². The van der Waals surface area contributed by atoms with Crippen LogP contribution in [-0.4, -0.2) is 22.5 Å². The van der Waals surface area contributed by atoms with Crippen LogP contribution in [-0.2, 0) is 10.5 Å². The summed E-state index contributed by atoms with van der Waals surface area (Å²) in [4.78, 5) is 32.9. The molecule has 1 aromatic heterocycles. The van der Waals surface area contributed by atoms with Crippen molar-refractivity contribution >= 4 is 23.5 Å². The van der Waals surface area contributed by atoms with Crippen molar-refractivity contribution in [1.29, 1.82) is 0 Å². The van der Waals surface area contributed by atoms with E-state index in [4.69, 9.17) is 4.74 Å². The summed E-state index contributed by atoms with van der Waals surface area (Å²) < 4.78 is 19.0. The third-order valence-corrected chi connectivity index (χ3v) is 6.21. The molecule has 3 aromatic rings. The number of rotatable bonds is 8. The predicted octanol–water partition coefficient (Wildman–Crippen LogP) is 4.85. The minimum absolute atomic E-state index is 0.147. The van der Waals surface area contributed by atoms with E-state index < -0.39 is 5.92 Å². The van der Waals surface area contributed by atoms with E-state index in [1.807, 2.05) is 24.3 Å². The molecule has 4 rings (SSSR count). The van der Waals surface area contributed by atoms with Gasteiger partial charge in [0.05, 0.1) is 12.2 Å². The number of benzene rings is 2. The number of hydrogen-bond acceptors (Lipinski definition) is 5. The molecule has 0 aliphatic carbocycles. The first-order valence-corrected chi connectivity index (χ1v) is 11.6. The Morgan fingerprint density at radius 1 is 1.16 bits per heavy atom. The summed E-state index contributed by atoms with van der Waals surface area (Å²) in [5.74, 6) is 0.530. The van der Waals surface area contributed by atoms with Gasteiger partial charge in [-0.3, -0.25) is 9.59 Å². The third kappa shape index (κ3) is 5.02. The highest BCUT2D eigenvalue weighted by atomic mass is 32.2. The second-order valence-electron chi connectivity index (χ2n) is 7.59. The summed E-state index contributed by atoms with van der Waals surface area (Å²) in [6, 6.07) is 13.7. The summed E-state index contributed by atoms with van der Waals surface area (Å²) in [5, 5.41) is 3.14. The van der Waals surface area contributed by atoms with E-state index >= 15 is 0 Å². The van der Waals surface area contributed by atoms with Crippen LogP contribution in [0.2, 0.25) is 0 Å². The summed E-state index contributed by atoms with van der Waals surface area (Å²) in [7, 11) is 0. The molecule has 0 saturated heterocycles. The van der Waals surface area contributed by atoms with Crippen molar-refractivity contribution in [2.75, 3.05) is 11.9 Å². The Bertz CT molecular complexity index is 1160. The molecule has 1 amide bonds. The first kappa shape index (κ1) is 22.1. The summed E-state index contributed by atoms with van der Waals surface area (Å²) in [5.41, 5.74) is 1.85. The second-order valence-corrected chi connectivity index (χ2v) is 8.56. The Kier molecular flexibility index (Phi) is 6.90. The molecular formula is C24H24FN3O3S. The number of para-hydroxylation sites is 1. The monoisotopic (exact) mass is 453 g/mol. The zero-order valence-corrected chi connectivity index (χ0v) is 18.5. The van der Waals surface area contributed by atoms with Crippen molar-refractivity contribution in [3.05, 3.63) is 81.4 Å². The van der Waals surface area contributed by atoms with Gasteiger partial charge in [-0.05, 0) is 30.2 Å². The normalized spacial score (nSPS) is 15.2. The average molecular weight is 454 g/mol. The lowest BCUT2D eigenvalue weighted by Gasteiger charge is -2.26. The Hall–Kier alpha value is -3.13. The lowest BCUT2D eigenvalue weighted by molar-refractivity contribution is -0.116. The van der Waals surface area contributed by atoms with Crippen LogP contribution in [0.3, 0.4) is 0 Å². The van der Waals surface area contributed by atoms with Gasteiger partial charge in [-0.1, -0.05) is 55.4 Å². The van der Waals surface area contributed by atoms with Crippen LogP contribution in [0.5, 0.6) is 5.75 Å². The molecule has 0 unspecified atom stereocenters. The maximum Gasteiger partial charge on any atom is 0.257 e. The number of nitrogens with zero attached hydrogens (tertiary/aromatic N) is 1. The van der Waals surface area contributed by atoms with Crippen LogP contribution in [0.1, 0.15) is 48.8 Å². The number of unbranched alkanes of at least 4 members (excludes halogenated alkanes) is 1. The molecule has 2 heterocycles. The number of H-pyrrole nitrogens is 1. The zero-order valence-electron chi connectivity index (χ0n) is 17.7. The molecule has 1 atom stereocenters. The molecule has 32 heavy (non-hydrogen) atoms. The highest BCUT2D eigenvalue weighted by molar-refractivity contribution is 7.98. The van der Waals surface area contributed by atoms with Gasteiger partial charge in [0.25, 0.3) is 5.56 Å². The first-order valence-electron chi connectivity index (χ1n) is 10.6. The van der Waals surface area contributed by atoms with Crippen molar-refractivity contribution in [1.82, 2.24) is 9.97 Å². The van der Waals surface area contributed by atoms with Crippen molar-refractivity contribution in [2.24, 2.45) is 0 Å². The van der Waals surface area contributed by atoms with Gasteiger partial charge in [0.2, 0.25) is 5.91 Å². The molecular weight excluding hydrogens is 429 g/mol. The largest absolute Gasteiger partial charge is 0.493 e. The molecule has 0 bridgehead atoms. The van der Waals surface area contributed by atoms with Gasteiger partial charge in [0.1, 0.15) is 17.4 Å². The molecule has 0 fully saturated rings. The van der Waals surface area contributed by atoms with Crippen LogP contribution in [0.25, 0.3) is 0 Å². The second kappa shape index (κ2) is 9.99. The number of carbonyl (C=O) groups is 1. The van der Waals surface area contributed by atoms with E-state index in [0.29, 0.717) is 28.8 Å². The maximum atomic E-state index is 13.1. The quantitative estimate of drug-likeness (QED) is 0.289. The smallest absolute Gasteiger partial charge is 0.257 e. The number of ether oxygens (including phenoxy) is 1. The molecule has 2 aromatic carbocycles. The van der Waals surface area contributed by atoms with Gasteiger partial charge in [-0.2, -0.15) is 0 Å². The standard InChI is InChI=1S/C24H24FN3O3S/c1-2-3-12-31-19-7-5-4-6-17(19)18-13-20(29)26-22-21(18)23(30)28-24(27-22)32-14-15-8-10-16(25)11-9-15/h4-11,18H,2-3,12-14H2,1H3,(H2,26,27,28,29,30)/t18-/m0/s1. The minimum Gasteiger partial charge on any atom is -0.493 e. The Labute approximate surface area is 189 Å². The van der Waals surface area contributed by atoms with Gasteiger partial charge >= 0.3 is 0 Å². The number of halogens is 1. The average Bonchev–Trinajstić information content (AvgIpc) is 2.78. The highest BCUT2D eigenvalue weighted by Gasteiger charge is 2.32. The molecule has 1 aliphatic heterocycles. The molecule has 8 heteroatoms. The Morgan fingerprint density at radius 2 is 1.94 bits per heavy atom. The molecule has 0 saturated carbocycles. The Balaban J connectivity index is 1.62. The number of thioether (sulfide) groups is 1. The van der Waals surface area contributed by atoms with Crippen LogP contribution < -0.4 is 15.6 Å². The van der Waals surface area contributed by atoms with Crippen LogP contribution >= 0.6 is 11.8 Å². The number of amides is 1. The number of fused-ring (bicyclic) bond motifs is 1. The third-order valence-electron chi connectivity index (χ3n) is 5.27. The van der Waals surface area contributed by atoms with Gasteiger partial charge in [0.15, 0.2) is 5.16 Å². The number of carbonyl (C=O) groups excluding carboxylic acids is 1. The van der Waals surface area contributed by atoms with Crippen molar-refractivity contribution in [3.8, 4) is 5.75 Å². The summed E-state index contributed by atoms with van der Waals surface area (Å²) >= 11 is 1.32. The predicted molar refractivity (Wildman–Crippen MR) is 123 cm³/mol. The first-order chi connectivity index (χ1) is 15.5. The van der Waals surface area contributed by atoms with Gasteiger partial charge in [-0.25, -0.2) is 9.37 Å². The van der Waals surface area contributed by atoms with E-state index in [2.05, 4.69) is 22.2 Å². The van der Waals surface area contributed by atoms with E-state index in [9.17, 15) is 14.0 Å². The topological polar surface area (TPSA) is 84.1 Å². The summed E-state index contributed by atoms with van der Waals surface area (Å²) in [6.07, 6.45) is 2.08. The van der Waals surface area contributed by atoms with E-state index in [-0.39, 0.29) is 29.5 Å². The number of aromatic nitrogens is 2. The Morgan fingerprint density at radius 3 is 2.72 bits per heavy atom. The van der Waals surface area contributed by atoms with E-state index in [1.165, 1.54) is 23.9 Å². The van der Waals surface area contributed by atoms with E-state index in [0.717, 1.165) is 24.0 Å². The molecule has 166 valence electrons. The minimum atomic E-state index is -0.441. The maximum absolute atomic E-state index is 13.1. The lowest BCUT2D eigenvalue weighted by Crippen LogP contribution is -2.31. The highest BCUT2D eigenvalue weighted by Crippen LogP contribution is 2.38. The fourth-order valence-electron chi connectivity index (χ4n) is 3.64. The fraction of sp³-hybridized carbons (Fsp3) is 0.292. The van der Waals surface area contributed by atoms with Crippen LogP contribution in [0.15, 0.2) is 58.5 Å². The van der Waals surface area contributed by atoms with Gasteiger partial charge in [-0.15, -0.1) is 0 Å². The SMILES string of the molecule is CCCCOc1ccccc1[C@@H]1CC(=O)Nc2nc(SCc3ccc(F)cc3)[nH]c(=O)c21. The lowest BCUT2D eigenvalue weighted by atomic mass is 9.86. The molecule has 2 N–H and O–H groups in total. The molecule has 1 aliphatic rings. The van der Waals surface area contributed by atoms with Crippen molar-refractivity contribution in [3.63, 3.8) is 0 Å². The van der Waals surface area contributed by atoms with Crippen molar-refractivity contribution < 1.29 is 13.9 Å². The van der Waals surface area contributed by atoms with Gasteiger partial charge < -0.3 is 15.0 Å². The van der Waals surface area contributed by atoms with E-state index in [1.54, 1.807) is 12.1 Å². The molecule has 6 nitrogen and oxygen atoms in total. The number of nitrogens with one attached hydrogen (secondary N) is 2. The van der Waals surface area contributed by atoms with Crippen LogP contribution in [0.4, 0.5) is 10.2 Å². The number of hydrogen-bond donors (Lipinski definition) is 2.